The summed E-state index contributed by atoms with van der Waals surface area (Å²) in [6.45, 7) is 4.67. The third-order valence-electron chi connectivity index (χ3n) is 12.2. The topological polar surface area (TPSA) is 51.8 Å². The van der Waals surface area contributed by atoms with Crippen molar-refractivity contribution in [2.75, 3.05) is 0 Å². The molecule has 0 radical (unpaired) electrons. The van der Waals surface area contributed by atoms with Gasteiger partial charge in [-0.1, -0.05) is 147 Å². The quantitative estimate of drug-likeness (QED) is 0.175. The van der Waals surface area contributed by atoms with Gasteiger partial charge >= 0.3 is 0 Å². The fourth-order valence-corrected chi connectivity index (χ4v) is 10.4. The van der Waals surface area contributed by atoms with Crippen molar-refractivity contribution >= 4 is 53.4 Å². The van der Waals surface area contributed by atoms with E-state index in [0.717, 1.165) is 55.1 Å². The van der Waals surface area contributed by atoms with E-state index in [2.05, 4.69) is 159 Å². The van der Waals surface area contributed by atoms with E-state index in [0.29, 0.717) is 17.5 Å². The summed E-state index contributed by atoms with van der Waals surface area (Å²) in [5.74, 6) is 1.88. The molecule has 1 aliphatic rings. The van der Waals surface area contributed by atoms with Gasteiger partial charge in [0.25, 0.3) is 0 Å². The van der Waals surface area contributed by atoms with Gasteiger partial charge in [0, 0.05) is 53.1 Å². The van der Waals surface area contributed by atoms with Crippen LogP contribution >= 0.6 is 11.3 Å². The molecule has 0 N–H and O–H groups in total. The molecule has 3 aromatic heterocycles. The Morgan fingerprint density at radius 1 is 0.390 bits per heavy atom. The molecule has 3 heterocycles. The average Bonchev–Trinajstić information content (AvgIpc) is 3.94. The Morgan fingerprint density at radius 2 is 0.983 bits per heavy atom. The fourth-order valence-electron chi connectivity index (χ4n) is 9.25. The van der Waals surface area contributed by atoms with Crippen molar-refractivity contribution in [2.24, 2.45) is 0 Å². The second-order valence-corrected chi connectivity index (χ2v) is 17.0. The van der Waals surface area contributed by atoms with Gasteiger partial charge in [-0.3, -0.25) is 0 Å². The molecule has 8 aromatic carbocycles. The van der Waals surface area contributed by atoms with E-state index in [1.165, 1.54) is 48.2 Å². The maximum Gasteiger partial charge on any atom is 0.164 e. The van der Waals surface area contributed by atoms with Crippen molar-refractivity contribution in [1.82, 2.24) is 15.0 Å². The molecule has 59 heavy (non-hydrogen) atoms. The summed E-state index contributed by atoms with van der Waals surface area (Å²) < 4.78 is 8.99. The zero-order valence-electron chi connectivity index (χ0n) is 32.4. The maximum atomic E-state index is 6.54. The molecule has 12 rings (SSSR count). The SMILES string of the molecule is CC1(C)c2ccccc2-c2ccc(-c3cccc(-c4ccc5oc6cccc(-c7nc(-c8ccccc8)nc(-c8cccc9sc%10ccccc%10c89)n7)c6c5c4)c3)cc21. The van der Waals surface area contributed by atoms with Gasteiger partial charge in [0.05, 0.1) is 0 Å². The van der Waals surface area contributed by atoms with Gasteiger partial charge in [0.15, 0.2) is 17.5 Å². The number of hydrogen-bond acceptors (Lipinski definition) is 5. The van der Waals surface area contributed by atoms with Crippen LogP contribution in [0.25, 0.3) is 110 Å². The highest BCUT2D eigenvalue weighted by molar-refractivity contribution is 7.25. The van der Waals surface area contributed by atoms with Crippen LogP contribution in [0.5, 0.6) is 0 Å². The molecular weight excluding hydrogens is 739 g/mol. The Labute approximate surface area is 345 Å². The van der Waals surface area contributed by atoms with Gasteiger partial charge in [-0.25, -0.2) is 15.0 Å². The molecular formula is C54H35N3OS. The number of nitrogens with zero attached hydrogens (tertiary/aromatic N) is 3. The van der Waals surface area contributed by atoms with Crippen molar-refractivity contribution in [3.63, 3.8) is 0 Å². The third kappa shape index (κ3) is 5.32. The summed E-state index contributed by atoms with van der Waals surface area (Å²) in [5, 5.41) is 4.37. The Balaban J connectivity index is 1.00. The molecule has 0 bridgehead atoms. The standard InChI is InChI=1S/C54H35N3OS/c1-54(2)43-21-8-6-17-37(43)38-27-25-36(31-44(38)54)34-16-10-15-33(29-34)35-26-28-45-42(30-35)49-40(19-11-22-46(49)58-45)52-55-51(32-13-4-3-5-14-32)56-53(57-52)41-20-12-24-48-50(41)39-18-7-9-23-47(39)59-48/h3-31H,1-2H3. The van der Waals surface area contributed by atoms with E-state index >= 15 is 0 Å². The normalized spacial score (nSPS) is 13.1. The maximum absolute atomic E-state index is 6.54. The highest BCUT2D eigenvalue weighted by Crippen LogP contribution is 2.50. The van der Waals surface area contributed by atoms with Crippen molar-refractivity contribution in [3.05, 3.63) is 187 Å². The van der Waals surface area contributed by atoms with E-state index in [4.69, 9.17) is 19.4 Å². The van der Waals surface area contributed by atoms with Crippen LogP contribution in [-0.2, 0) is 5.41 Å². The monoisotopic (exact) mass is 773 g/mol. The summed E-state index contributed by atoms with van der Waals surface area (Å²) in [7, 11) is 0. The summed E-state index contributed by atoms with van der Waals surface area (Å²) in [6.07, 6.45) is 0. The van der Waals surface area contributed by atoms with Crippen molar-refractivity contribution in [3.8, 4) is 67.5 Å². The lowest BCUT2D eigenvalue weighted by Gasteiger charge is -2.22. The number of fused-ring (bicyclic) bond motifs is 9. The molecule has 0 aliphatic heterocycles. The Kier molecular flexibility index (Phi) is 7.41. The van der Waals surface area contributed by atoms with Crippen LogP contribution in [0.1, 0.15) is 25.0 Å². The molecule has 0 unspecified atom stereocenters. The van der Waals surface area contributed by atoms with Crippen molar-refractivity contribution in [1.29, 1.82) is 0 Å². The van der Waals surface area contributed by atoms with E-state index in [1.807, 2.05) is 30.3 Å². The molecule has 0 amide bonds. The number of furan rings is 1. The Hall–Kier alpha value is -7.21. The first-order valence-electron chi connectivity index (χ1n) is 20.0. The van der Waals surface area contributed by atoms with Crippen molar-refractivity contribution in [2.45, 2.75) is 19.3 Å². The molecule has 4 nitrogen and oxygen atoms in total. The molecule has 1 aliphatic carbocycles. The van der Waals surface area contributed by atoms with Crippen LogP contribution in [-0.4, -0.2) is 15.0 Å². The lowest BCUT2D eigenvalue weighted by atomic mass is 9.81. The van der Waals surface area contributed by atoms with Crippen molar-refractivity contribution < 1.29 is 4.42 Å². The average molecular weight is 774 g/mol. The minimum atomic E-state index is -0.0581. The number of rotatable bonds is 5. The second kappa shape index (κ2) is 12.9. The van der Waals surface area contributed by atoms with E-state index in [-0.39, 0.29) is 5.41 Å². The highest BCUT2D eigenvalue weighted by atomic mass is 32.1. The molecule has 0 saturated carbocycles. The molecule has 278 valence electrons. The predicted molar refractivity (Wildman–Crippen MR) is 245 cm³/mol. The Morgan fingerprint density at radius 3 is 1.83 bits per heavy atom. The highest BCUT2D eigenvalue weighted by Gasteiger charge is 2.35. The molecule has 5 heteroatoms. The van der Waals surface area contributed by atoms with Crippen LogP contribution in [0.15, 0.2) is 180 Å². The van der Waals surface area contributed by atoms with Gasteiger partial charge in [0.2, 0.25) is 0 Å². The summed E-state index contributed by atoms with van der Waals surface area (Å²) in [4.78, 5) is 15.6. The first-order chi connectivity index (χ1) is 29.0. The number of hydrogen-bond donors (Lipinski definition) is 0. The van der Waals surface area contributed by atoms with Gasteiger partial charge in [-0.2, -0.15) is 0 Å². The number of aromatic nitrogens is 3. The number of thiophene rings is 1. The number of benzene rings is 8. The zero-order valence-corrected chi connectivity index (χ0v) is 33.2. The van der Waals surface area contributed by atoms with Gasteiger partial charge < -0.3 is 4.42 Å². The molecule has 0 atom stereocenters. The first-order valence-corrected chi connectivity index (χ1v) is 20.8. The lowest BCUT2D eigenvalue weighted by Crippen LogP contribution is -2.14. The van der Waals surface area contributed by atoms with Crippen LogP contribution in [0.4, 0.5) is 0 Å². The van der Waals surface area contributed by atoms with Crippen LogP contribution < -0.4 is 0 Å². The van der Waals surface area contributed by atoms with Gasteiger partial charge in [-0.05, 0) is 87.0 Å². The largest absolute Gasteiger partial charge is 0.456 e. The summed E-state index contributed by atoms with van der Waals surface area (Å²) in [6, 6.07) is 62.5. The van der Waals surface area contributed by atoms with E-state index < -0.39 is 0 Å². The van der Waals surface area contributed by atoms with Crippen LogP contribution in [0.3, 0.4) is 0 Å². The van der Waals surface area contributed by atoms with Gasteiger partial charge in [0.1, 0.15) is 11.2 Å². The minimum Gasteiger partial charge on any atom is -0.456 e. The fraction of sp³-hybridized carbons (Fsp3) is 0.0556. The minimum absolute atomic E-state index is 0.0581. The van der Waals surface area contributed by atoms with E-state index in [1.54, 1.807) is 11.3 Å². The second-order valence-electron chi connectivity index (χ2n) is 16.0. The third-order valence-corrected chi connectivity index (χ3v) is 13.3. The van der Waals surface area contributed by atoms with Crippen LogP contribution in [0, 0.1) is 0 Å². The Bertz CT molecular complexity index is 3490. The molecule has 0 saturated heterocycles. The molecule has 11 aromatic rings. The van der Waals surface area contributed by atoms with Gasteiger partial charge in [-0.15, -0.1) is 11.3 Å². The van der Waals surface area contributed by atoms with E-state index in [9.17, 15) is 0 Å². The predicted octanol–water partition coefficient (Wildman–Crippen LogP) is 14.8. The molecule has 0 fully saturated rings. The summed E-state index contributed by atoms with van der Waals surface area (Å²) >= 11 is 1.79. The zero-order chi connectivity index (χ0) is 39.2. The first kappa shape index (κ1) is 33.9. The summed E-state index contributed by atoms with van der Waals surface area (Å²) in [5.41, 5.74) is 14.5. The van der Waals surface area contributed by atoms with Crippen LogP contribution in [0.2, 0.25) is 0 Å². The smallest absolute Gasteiger partial charge is 0.164 e. The lowest BCUT2D eigenvalue weighted by molar-refractivity contribution is 0.660. The molecule has 0 spiro atoms.